The van der Waals surface area contributed by atoms with Crippen LogP contribution in [0, 0.1) is 0 Å². The van der Waals surface area contributed by atoms with Crippen molar-refractivity contribution in [1.82, 2.24) is 5.32 Å². The fourth-order valence-corrected chi connectivity index (χ4v) is 1.58. The summed E-state index contributed by atoms with van der Waals surface area (Å²) in [6.45, 7) is 3.36. The van der Waals surface area contributed by atoms with Crippen LogP contribution in [-0.2, 0) is 17.9 Å². The Kier molecular flexibility index (Phi) is 3.49. The van der Waals surface area contributed by atoms with Gasteiger partial charge in [0.2, 0.25) is 5.91 Å². The van der Waals surface area contributed by atoms with Gasteiger partial charge in [0.1, 0.15) is 0 Å². The fourth-order valence-electron chi connectivity index (χ4n) is 1.58. The van der Waals surface area contributed by atoms with Gasteiger partial charge in [0.25, 0.3) is 0 Å². The van der Waals surface area contributed by atoms with Crippen molar-refractivity contribution in [2.24, 2.45) is 0 Å². The Balaban J connectivity index is 0.000000980. The molecule has 0 aliphatic carbocycles. The van der Waals surface area contributed by atoms with Crippen LogP contribution in [0.15, 0.2) is 18.2 Å². The van der Waals surface area contributed by atoms with Crippen LogP contribution in [-0.4, -0.2) is 5.91 Å². The molecule has 1 amide bonds. The molecule has 1 aromatic rings. The van der Waals surface area contributed by atoms with Crippen molar-refractivity contribution in [3.8, 4) is 0 Å². The number of hydrogen-bond acceptors (Lipinski definition) is 2. The van der Waals surface area contributed by atoms with Gasteiger partial charge in [-0.1, -0.05) is 6.07 Å². The number of nitrogens with one attached hydrogen (secondary N) is 2. The minimum absolute atomic E-state index is 0. The second-order valence-electron chi connectivity index (χ2n) is 3.27. The van der Waals surface area contributed by atoms with E-state index in [2.05, 4.69) is 16.7 Å². The van der Waals surface area contributed by atoms with E-state index in [1.54, 1.807) is 0 Å². The highest BCUT2D eigenvalue weighted by molar-refractivity contribution is 5.88. The van der Waals surface area contributed by atoms with Gasteiger partial charge in [-0.15, -0.1) is 12.4 Å². The molecule has 14 heavy (non-hydrogen) atoms. The highest BCUT2D eigenvalue weighted by atomic mass is 35.5. The van der Waals surface area contributed by atoms with Crippen molar-refractivity contribution < 1.29 is 4.79 Å². The molecule has 0 saturated carbocycles. The highest BCUT2D eigenvalue weighted by Crippen LogP contribution is 2.19. The predicted molar refractivity (Wildman–Crippen MR) is 58.5 cm³/mol. The molecule has 1 aromatic carbocycles. The Morgan fingerprint density at radius 2 is 2.07 bits per heavy atom. The quantitative estimate of drug-likeness (QED) is 0.744. The third-order valence-electron chi connectivity index (χ3n) is 2.16. The molecule has 2 rings (SSSR count). The summed E-state index contributed by atoms with van der Waals surface area (Å²) in [5, 5.41) is 6.02. The van der Waals surface area contributed by atoms with Crippen molar-refractivity contribution in [2.45, 2.75) is 20.0 Å². The summed E-state index contributed by atoms with van der Waals surface area (Å²) < 4.78 is 0. The second kappa shape index (κ2) is 4.44. The zero-order valence-corrected chi connectivity index (χ0v) is 8.78. The van der Waals surface area contributed by atoms with Crippen LogP contribution in [0.3, 0.4) is 0 Å². The van der Waals surface area contributed by atoms with Crippen molar-refractivity contribution in [2.75, 3.05) is 5.32 Å². The Labute approximate surface area is 89.3 Å². The first-order valence-electron chi connectivity index (χ1n) is 4.36. The van der Waals surface area contributed by atoms with Gasteiger partial charge in [-0.3, -0.25) is 4.79 Å². The molecule has 0 spiro atoms. The van der Waals surface area contributed by atoms with Gasteiger partial charge in [-0.05, 0) is 23.3 Å². The molecule has 1 aliphatic rings. The normalized spacial score (nSPS) is 12.9. The lowest BCUT2D eigenvalue weighted by atomic mass is 10.1. The number of anilines is 1. The molecular weight excluding hydrogens is 200 g/mol. The van der Waals surface area contributed by atoms with E-state index in [-0.39, 0.29) is 18.3 Å². The van der Waals surface area contributed by atoms with Crippen molar-refractivity contribution >= 4 is 24.0 Å². The SMILES string of the molecule is CC(=O)Nc1ccc2c(c1)CNC2.Cl. The van der Waals surface area contributed by atoms with Crippen LogP contribution >= 0.6 is 12.4 Å². The van der Waals surface area contributed by atoms with E-state index < -0.39 is 0 Å². The molecule has 76 valence electrons. The molecule has 0 fully saturated rings. The number of fused-ring (bicyclic) bond motifs is 1. The van der Waals surface area contributed by atoms with Crippen molar-refractivity contribution in [1.29, 1.82) is 0 Å². The van der Waals surface area contributed by atoms with Gasteiger partial charge >= 0.3 is 0 Å². The predicted octanol–water partition coefficient (Wildman–Crippen LogP) is 1.67. The van der Waals surface area contributed by atoms with Crippen molar-refractivity contribution in [3.63, 3.8) is 0 Å². The molecule has 0 bridgehead atoms. The van der Waals surface area contributed by atoms with Crippen LogP contribution in [0.2, 0.25) is 0 Å². The van der Waals surface area contributed by atoms with E-state index >= 15 is 0 Å². The topological polar surface area (TPSA) is 41.1 Å². The molecule has 2 N–H and O–H groups in total. The average molecular weight is 213 g/mol. The monoisotopic (exact) mass is 212 g/mol. The van der Waals surface area contributed by atoms with Gasteiger partial charge in [0.05, 0.1) is 0 Å². The minimum atomic E-state index is -0.0223. The molecular formula is C10H13ClN2O. The van der Waals surface area contributed by atoms with Gasteiger partial charge in [-0.2, -0.15) is 0 Å². The summed E-state index contributed by atoms with van der Waals surface area (Å²) in [4.78, 5) is 10.8. The van der Waals surface area contributed by atoms with Crippen molar-refractivity contribution in [3.05, 3.63) is 29.3 Å². The number of halogens is 1. The molecule has 3 nitrogen and oxygen atoms in total. The molecule has 0 saturated heterocycles. The van der Waals surface area contributed by atoms with Gasteiger partial charge in [0, 0.05) is 25.7 Å². The lowest BCUT2D eigenvalue weighted by Crippen LogP contribution is -2.05. The first kappa shape index (κ1) is 11.0. The first-order valence-corrected chi connectivity index (χ1v) is 4.36. The summed E-state index contributed by atoms with van der Waals surface area (Å²) >= 11 is 0. The lowest BCUT2D eigenvalue weighted by Gasteiger charge is -2.03. The van der Waals surface area contributed by atoms with Gasteiger partial charge < -0.3 is 10.6 Å². The molecule has 1 aliphatic heterocycles. The number of carbonyl (C=O) groups is 1. The highest BCUT2D eigenvalue weighted by Gasteiger charge is 2.09. The number of hydrogen-bond donors (Lipinski definition) is 2. The van der Waals surface area contributed by atoms with E-state index in [1.165, 1.54) is 18.1 Å². The average Bonchev–Trinajstić information content (AvgIpc) is 2.49. The Morgan fingerprint density at radius 3 is 2.79 bits per heavy atom. The van der Waals surface area contributed by atoms with Crippen LogP contribution in [0.1, 0.15) is 18.1 Å². The Hall–Kier alpha value is -1.06. The van der Waals surface area contributed by atoms with Crippen LogP contribution < -0.4 is 10.6 Å². The number of benzene rings is 1. The van der Waals surface area contributed by atoms with Gasteiger partial charge in [0.15, 0.2) is 0 Å². The largest absolute Gasteiger partial charge is 0.326 e. The third kappa shape index (κ3) is 2.25. The maximum Gasteiger partial charge on any atom is 0.221 e. The van der Waals surface area contributed by atoms with E-state index in [1.807, 2.05) is 12.1 Å². The Morgan fingerprint density at radius 1 is 1.36 bits per heavy atom. The Bertz CT molecular complexity index is 352. The zero-order valence-electron chi connectivity index (χ0n) is 7.96. The summed E-state index contributed by atoms with van der Waals surface area (Å²) in [6.07, 6.45) is 0. The maximum absolute atomic E-state index is 10.8. The van der Waals surface area contributed by atoms with E-state index in [0.29, 0.717) is 0 Å². The van der Waals surface area contributed by atoms with E-state index in [4.69, 9.17) is 0 Å². The number of amides is 1. The molecule has 4 heteroatoms. The fraction of sp³-hybridized carbons (Fsp3) is 0.300. The van der Waals surface area contributed by atoms with Gasteiger partial charge in [-0.25, -0.2) is 0 Å². The maximum atomic E-state index is 10.8. The standard InChI is InChI=1S/C10H12N2O.ClH/c1-7(13)12-10-3-2-8-5-11-6-9(8)4-10;/h2-4,11H,5-6H2,1H3,(H,12,13);1H. The first-order chi connectivity index (χ1) is 6.25. The zero-order chi connectivity index (χ0) is 9.26. The molecule has 1 heterocycles. The van der Waals surface area contributed by atoms with E-state index in [9.17, 15) is 4.79 Å². The summed E-state index contributed by atoms with van der Waals surface area (Å²) in [5.74, 6) is -0.0223. The number of carbonyl (C=O) groups excluding carboxylic acids is 1. The van der Waals surface area contributed by atoms with Crippen LogP contribution in [0.25, 0.3) is 0 Å². The third-order valence-corrected chi connectivity index (χ3v) is 2.16. The van der Waals surface area contributed by atoms with E-state index in [0.717, 1.165) is 18.8 Å². The van der Waals surface area contributed by atoms with Crippen LogP contribution in [0.4, 0.5) is 5.69 Å². The molecule has 0 unspecified atom stereocenters. The summed E-state index contributed by atoms with van der Waals surface area (Å²) in [5.41, 5.74) is 3.50. The smallest absolute Gasteiger partial charge is 0.221 e. The molecule has 0 radical (unpaired) electrons. The molecule has 0 atom stereocenters. The lowest BCUT2D eigenvalue weighted by molar-refractivity contribution is -0.114. The van der Waals surface area contributed by atoms with Crippen LogP contribution in [0.5, 0.6) is 0 Å². The molecule has 0 aromatic heterocycles. The summed E-state index contributed by atoms with van der Waals surface area (Å²) in [6, 6.07) is 6.02. The summed E-state index contributed by atoms with van der Waals surface area (Å²) in [7, 11) is 0. The minimum Gasteiger partial charge on any atom is -0.326 e. The number of rotatable bonds is 1. The second-order valence-corrected chi connectivity index (χ2v) is 3.27.